The van der Waals surface area contributed by atoms with E-state index in [0.29, 0.717) is 30.0 Å². The van der Waals surface area contributed by atoms with E-state index in [1.807, 2.05) is 20.8 Å². The molecule has 1 aromatic carbocycles. The third-order valence-corrected chi connectivity index (χ3v) is 4.49. The van der Waals surface area contributed by atoms with Crippen LogP contribution in [0.5, 0.6) is 5.75 Å². The molecule has 29 heavy (non-hydrogen) atoms. The van der Waals surface area contributed by atoms with E-state index in [4.69, 9.17) is 9.47 Å². The minimum atomic E-state index is -0.450. The highest BCUT2D eigenvalue weighted by Gasteiger charge is 2.33. The Labute approximate surface area is 172 Å². The summed E-state index contributed by atoms with van der Waals surface area (Å²) >= 11 is 0. The summed E-state index contributed by atoms with van der Waals surface area (Å²) in [5, 5.41) is 6.04. The topological polar surface area (TPSA) is 93.7 Å². The number of hydrogen-bond donors (Lipinski definition) is 2. The van der Waals surface area contributed by atoms with Crippen molar-refractivity contribution in [3.63, 3.8) is 0 Å². The van der Waals surface area contributed by atoms with Gasteiger partial charge in [-0.05, 0) is 44.4 Å². The van der Waals surface area contributed by atoms with Crippen LogP contribution in [0.1, 0.15) is 63.7 Å². The summed E-state index contributed by atoms with van der Waals surface area (Å²) in [6.45, 7) is 8.01. The van der Waals surface area contributed by atoms with E-state index in [-0.39, 0.29) is 36.2 Å². The van der Waals surface area contributed by atoms with Gasteiger partial charge in [0, 0.05) is 24.7 Å². The SMILES string of the molecule is CCCC(=O)Nc1ccc(OCC(CNC(C)C)OC(=O)C2CC2)c(C(C)=O)c1. The Morgan fingerprint density at radius 1 is 1.21 bits per heavy atom. The number of esters is 1. The fraction of sp³-hybridized carbons (Fsp3) is 0.591. The van der Waals surface area contributed by atoms with E-state index < -0.39 is 6.10 Å². The number of rotatable bonds is 12. The first kappa shape index (κ1) is 22.9. The van der Waals surface area contributed by atoms with Gasteiger partial charge in [-0.3, -0.25) is 14.4 Å². The zero-order chi connectivity index (χ0) is 21.4. The fourth-order valence-corrected chi connectivity index (χ4v) is 2.72. The van der Waals surface area contributed by atoms with Gasteiger partial charge in [-0.2, -0.15) is 0 Å². The molecule has 0 heterocycles. The molecular formula is C22H32N2O5. The number of ether oxygens (including phenoxy) is 2. The summed E-state index contributed by atoms with van der Waals surface area (Å²) < 4.78 is 11.4. The lowest BCUT2D eigenvalue weighted by Crippen LogP contribution is -2.38. The average molecular weight is 405 g/mol. The number of nitrogens with one attached hydrogen (secondary N) is 2. The highest BCUT2D eigenvalue weighted by molar-refractivity contribution is 5.99. The van der Waals surface area contributed by atoms with Gasteiger partial charge in [0.2, 0.25) is 5.91 Å². The van der Waals surface area contributed by atoms with Crippen molar-refractivity contribution >= 4 is 23.3 Å². The molecular weight excluding hydrogens is 372 g/mol. The molecule has 0 aromatic heterocycles. The zero-order valence-electron chi connectivity index (χ0n) is 17.7. The van der Waals surface area contributed by atoms with Crippen LogP contribution in [0.25, 0.3) is 0 Å². The van der Waals surface area contributed by atoms with E-state index >= 15 is 0 Å². The Bertz CT molecular complexity index is 728. The van der Waals surface area contributed by atoms with Crippen LogP contribution in [-0.2, 0) is 14.3 Å². The summed E-state index contributed by atoms with van der Waals surface area (Å²) in [5.74, 6) is -0.0378. The standard InChI is InChI=1S/C22H32N2O5/c1-5-6-21(26)24-17-9-10-20(19(11-17)15(4)25)28-13-18(12-23-14(2)3)29-22(27)16-7-8-16/h9-11,14,16,18,23H,5-8,12-13H2,1-4H3,(H,24,26). The van der Waals surface area contributed by atoms with Crippen molar-refractivity contribution in [1.29, 1.82) is 0 Å². The van der Waals surface area contributed by atoms with Gasteiger partial charge >= 0.3 is 5.97 Å². The van der Waals surface area contributed by atoms with Gasteiger partial charge < -0.3 is 20.1 Å². The van der Waals surface area contributed by atoms with Crippen LogP contribution in [0.15, 0.2) is 18.2 Å². The molecule has 0 saturated heterocycles. The zero-order valence-corrected chi connectivity index (χ0v) is 17.7. The predicted octanol–water partition coefficient (Wildman–Crippen LogP) is 3.33. The average Bonchev–Trinajstić information content (AvgIpc) is 3.49. The molecule has 1 fully saturated rings. The molecule has 7 nitrogen and oxygen atoms in total. The quantitative estimate of drug-likeness (QED) is 0.410. The summed E-state index contributed by atoms with van der Waals surface area (Å²) in [6, 6.07) is 5.22. The maximum atomic E-state index is 12.1. The number of carbonyl (C=O) groups excluding carboxylic acids is 3. The molecule has 0 bridgehead atoms. The minimum Gasteiger partial charge on any atom is -0.489 e. The van der Waals surface area contributed by atoms with Gasteiger partial charge in [0.05, 0.1) is 11.5 Å². The molecule has 1 unspecified atom stereocenters. The molecule has 2 N–H and O–H groups in total. The Morgan fingerprint density at radius 3 is 2.52 bits per heavy atom. The van der Waals surface area contributed by atoms with E-state index in [9.17, 15) is 14.4 Å². The second kappa shape index (κ2) is 11.0. The van der Waals surface area contributed by atoms with Crippen molar-refractivity contribution in [3.05, 3.63) is 23.8 Å². The van der Waals surface area contributed by atoms with Crippen LogP contribution in [0.2, 0.25) is 0 Å². The minimum absolute atomic E-state index is 0.00958. The Kier molecular flexibility index (Phi) is 8.64. The maximum absolute atomic E-state index is 12.1. The molecule has 1 aliphatic rings. The van der Waals surface area contributed by atoms with E-state index in [2.05, 4.69) is 10.6 Å². The predicted molar refractivity (Wildman–Crippen MR) is 111 cm³/mol. The number of benzene rings is 1. The van der Waals surface area contributed by atoms with Crippen LogP contribution in [-0.4, -0.2) is 43.0 Å². The van der Waals surface area contributed by atoms with Crippen LogP contribution in [0.3, 0.4) is 0 Å². The highest BCUT2D eigenvalue weighted by Crippen LogP contribution is 2.30. The first-order valence-corrected chi connectivity index (χ1v) is 10.3. The van der Waals surface area contributed by atoms with Crippen LogP contribution in [0.4, 0.5) is 5.69 Å². The van der Waals surface area contributed by atoms with Crippen molar-refractivity contribution in [2.45, 2.75) is 65.5 Å². The molecule has 0 radical (unpaired) electrons. The van der Waals surface area contributed by atoms with E-state index in [1.165, 1.54) is 6.92 Å². The van der Waals surface area contributed by atoms with Gasteiger partial charge in [0.1, 0.15) is 18.5 Å². The molecule has 1 amide bonds. The molecule has 1 aliphatic carbocycles. The lowest BCUT2D eigenvalue weighted by atomic mass is 10.1. The first-order chi connectivity index (χ1) is 13.8. The normalized spacial score (nSPS) is 14.4. The Hall–Kier alpha value is -2.41. The van der Waals surface area contributed by atoms with Gasteiger partial charge in [-0.1, -0.05) is 20.8 Å². The maximum Gasteiger partial charge on any atom is 0.309 e. The molecule has 1 saturated carbocycles. The Balaban J connectivity index is 2.05. The lowest BCUT2D eigenvalue weighted by Gasteiger charge is -2.21. The second-order valence-corrected chi connectivity index (χ2v) is 7.77. The molecule has 1 aromatic rings. The third-order valence-electron chi connectivity index (χ3n) is 4.49. The molecule has 2 rings (SSSR count). The highest BCUT2D eigenvalue weighted by atomic mass is 16.6. The van der Waals surface area contributed by atoms with Crippen LogP contribution < -0.4 is 15.4 Å². The Morgan fingerprint density at radius 2 is 1.93 bits per heavy atom. The van der Waals surface area contributed by atoms with Crippen molar-refractivity contribution in [3.8, 4) is 5.75 Å². The van der Waals surface area contributed by atoms with Crippen molar-refractivity contribution in [1.82, 2.24) is 5.32 Å². The molecule has 7 heteroatoms. The summed E-state index contributed by atoms with van der Waals surface area (Å²) in [7, 11) is 0. The summed E-state index contributed by atoms with van der Waals surface area (Å²) in [5.41, 5.74) is 0.933. The summed E-state index contributed by atoms with van der Waals surface area (Å²) in [4.78, 5) is 35.9. The van der Waals surface area contributed by atoms with Crippen LogP contribution >= 0.6 is 0 Å². The molecule has 0 spiro atoms. The number of anilines is 1. The number of amides is 1. The van der Waals surface area contributed by atoms with Gasteiger partial charge in [-0.15, -0.1) is 0 Å². The largest absolute Gasteiger partial charge is 0.489 e. The van der Waals surface area contributed by atoms with Gasteiger partial charge in [-0.25, -0.2) is 0 Å². The van der Waals surface area contributed by atoms with Crippen molar-refractivity contribution < 1.29 is 23.9 Å². The third kappa shape index (κ3) is 7.85. The van der Waals surface area contributed by atoms with Crippen molar-refractivity contribution in [2.24, 2.45) is 5.92 Å². The van der Waals surface area contributed by atoms with Gasteiger partial charge in [0.25, 0.3) is 0 Å². The fourth-order valence-electron chi connectivity index (χ4n) is 2.72. The molecule has 1 atom stereocenters. The van der Waals surface area contributed by atoms with E-state index in [0.717, 1.165) is 19.3 Å². The molecule has 160 valence electrons. The summed E-state index contributed by atoms with van der Waals surface area (Å²) in [6.07, 6.45) is 2.48. The monoisotopic (exact) mass is 404 g/mol. The second-order valence-electron chi connectivity index (χ2n) is 7.77. The first-order valence-electron chi connectivity index (χ1n) is 10.3. The lowest BCUT2D eigenvalue weighted by molar-refractivity contribution is -0.152. The molecule has 0 aliphatic heterocycles. The number of Topliss-reactive ketones (excluding diaryl/α,β-unsaturated/α-hetero) is 1. The number of carbonyl (C=O) groups is 3. The number of ketones is 1. The van der Waals surface area contributed by atoms with Crippen LogP contribution in [0, 0.1) is 5.92 Å². The smallest absolute Gasteiger partial charge is 0.309 e. The van der Waals surface area contributed by atoms with Gasteiger partial charge in [0.15, 0.2) is 5.78 Å². The van der Waals surface area contributed by atoms with E-state index in [1.54, 1.807) is 18.2 Å². The number of hydrogen-bond acceptors (Lipinski definition) is 6. The van der Waals surface area contributed by atoms with Crippen molar-refractivity contribution in [2.75, 3.05) is 18.5 Å².